The molecule has 1 aliphatic heterocycles. The molecule has 4 nitrogen and oxygen atoms in total. The first-order valence-electron chi connectivity index (χ1n) is 7.85. The zero-order valence-corrected chi connectivity index (χ0v) is 12.5. The Morgan fingerprint density at radius 3 is 2.42 bits per heavy atom. The fourth-order valence-electron chi connectivity index (χ4n) is 3.77. The molecule has 3 N–H and O–H groups in total. The molecule has 0 aromatic rings. The van der Waals surface area contributed by atoms with Crippen molar-refractivity contribution in [2.45, 2.75) is 76.4 Å². The monoisotopic (exact) mass is 267 g/mol. The van der Waals surface area contributed by atoms with Gasteiger partial charge in [0.2, 0.25) is 5.91 Å². The Balaban J connectivity index is 2.01. The zero-order valence-electron chi connectivity index (χ0n) is 12.5. The van der Waals surface area contributed by atoms with Gasteiger partial charge in [0.05, 0.1) is 5.54 Å². The lowest BCUT2D eigenvalue weighted by Gasteiger charge is -2.32. The number of amides is 1. The van der Waals surface area contributed by atoms with Crippen LogP contribution in [0.5, 0.6) is 0 Å². The van der Waals surface area contributed by atoms with Gasteiger partial charge < -0.3 is 16.0 Å². The first kappa shape index (κ1) is 14.8. The molecule has 1 saturated heterocycles. The largest absolute Gasteiger partial charge is 0.368 e. The first-order valence-corrected chi connectivity index (χ1v) is 7.85. The van der Waals surface area contributed by atoms with Gasteiger partial charge in [-0.1, -0.05) is 12.8 Å². The lowest BCUT2D eigenvalue weighted by Crippen LogP contribution is -2.56. The van der Waals surface area contributed by atoms with Crippen LogP contribution in [0.15, 0.2) is 0 Å². The Bertz CT molecular complexity index is 311. The second-order valence-corrected chi connectivity index (χ2v) is 6.59. The summed E-state index contributed by atoms with van der Waals surface area (Å²) in [5, 5.41) is 3.44. The summed E-state index contributed by atoms with van der Waals surface area (Å²) in [5.41, 5.74) is 5.22. The maximum atomic E-state index is 11.9. The van der Waals surface area contributed by atoms with Crippen molar-refractivity contribution >= 4 is 5.91 Å². The van der Waals surface area contributed by atoms with E-state index in [2.05, 4.69) is 24.1 Å². The molecule has 0 bridgehead atoms. The van der Waals surface area contributed by atoms with Crippen LogP contribution in [0, 0.1) is 0 Å². The summed E-state index contributed by atoms with van der Waals surface area (Å²) in [6.45, 7) is 6.57. The molecule has 1 saturated carbocycles. The Morgan fingerprint density at radius 2 is 1.89 bits per heavy atom. The topological polar surface area (TPSA) is 58.4 Å². The van der Waals surface area contributed by atoms with E-state index in [-0.39, 0.29) is 5.91 Å². The van der Waals surface area contributed by atoms with Crippen molar-refractivity contribution in [2.24, 2.45) is 5.73 Å². The molecule has 1 heterocycles. The van der Waals surface area contributed by atoms with E-state index in [1.54, 1.807) is 0 Å². The van der Waals surface area contributed by atoms with E-state index in [9.17, 15) is 4.79 Å². The Kier molecular flexibility index (Phi) is 4.85. The van der Waals surface area contributed by atoms with Gasteiger partial charge in [0, 0.05) is 12.1 Å². The van der Waals surface area contributed by atoms with Gasteiger partial charge >= 0.3 is 0 Å². The van der Waals surface area contributed by atoms with E-state index in [4.69, 9.17) is 5.73 Å². The van der Waals surface area contributed by atoms with Crippen molar-refractivity contribution in [2.75, 3.05) is 13.1 Å². The minimum atomic E-state index is -0.467. The van der Waals surface area contributed by atoms with Crippen LogP contribution in [-0.2, 0) is 4.79 Å². The summed E-state index contributed by atoms with van der Waals surface area (Å²) in [4.78, 5) is 14.5. The SMILES string of the molecule is CC(C)NC1(C(N)=O)CCC(N2CCCCCC2)C1. The fraction of sp³-hybridized carbons (Fsp3) is 0.933. The number of likely N-dealkylation sites (tertiary alicyclic amines) is 1. The number of rotatable bonds is 4. The quantitative estimate of drug-likeness (QED) is 0.814. The summed E-state index contributed by atoms with van der Waals surface area (Å²) >= 11 is 0. The van der Waals surface area contributed by atoms with Crippen molar-refractivity contribution in [1.82, 2.24) is 10.2 Å². The van der Waals surface area contributed by atoms with Gasteiger partial charge in [-0.15, -0.1) is 0 Å². The standard InChI is InChI=1S/C15H29N3O/c1-12(2)17-15(14(16)19)8-7-13(11-15)18-9-5-3-4-6-10-18/h12-13,17H,3-11H2,1-2H3,(H2,16,19). The van der Waals surface area contributed by atoms with Crippen LogP contribution < -0.4 is 11.1 Å². The van der Waals surface area contributed by atoms with Crippen molar-refractivity contribution in [3.63, 3.8) is 0 Å². The zero-order chi connectivity index (χ0) is 13.9. The third-order valence-corrected chi connectivity index (χ3v) is 4.68. The summed E-state index contributed by atoms with van der Waals surface area (Å²) in [6.07, 6.45) is 8.20. The van der Waals surface area contributed by atoms with Crippen LogP contribution in [0.2, 0.25) is 0 Å². The molecule has 2 rings (SSSR count). The van der Waals surface area contributed by atoms with Gasteiger partial charge in [0.25, 0.3) is 0 Å². The van der Waals surface area contributed by atoms with Crippen LogP contribution in [0.3, 0.4) is 0 Å². The Hall–Kier alpha value is -0.610. The molecule has 0 radical (unpaired) electrons. The molecule has 1 aliphatic carbocycles. The predicted octanol–water partition coefficient (Wildman–Crippen LogP) is 1.64. The minimum absolute atomic E-state index is 0.168. The third-order valence-electron chi connectivity index (χ3n) is 4.68. The molecule has 2 fully saturated rings. The number of hydrogen-bond donors (Lipinski definition) is 2. The average molecular weight is 267 g/mol. The molecule has 2 aliphatic rings. The van der Waals surface area contributed by atoms with Crippen molar-refractivity contribution < 1.29 is 4.79 Å². The highest BCUT2D eigenvalue weighted by molar-refractivity contribution is 5.85. The molecule has 2 atom stereocenters. The number of hydrogen-bond acceptors (Lipinski definition) is 3. The highest BCUT2D eigenvalue weighted by atomic mass is 16.1. The van der Waals surface area contributed by atoms with Gasteiger partial charge in [0.1, 0.15) is 0 Å². The average Bonchev–Trinajstić information content (AvgIpc) is 2.60. The molecule has 19 heavy (non-hydrogen) atoms. The van der Waals surface area contributed by atoms with Gasteiger partial charge in [-0.2, -0.15) is 0 Å². The van der Waals surface area contributed by atoms with Crippen LogP contribution in [0.4, 0.5) is 0 Å². The molecule has 0 aromatic carbocycles. The van der Waals surface area contributed by atoms with Crippen molar-refractivity contribution in [3.8, 4) is 0 Å². The van der Waals surface area contributed by atoms with Gasteiger partial charge in [0.15, 0.2) is 0 Å². The van der Waals surface area contributed by atoms with Gasteiger partial charge in [-0.3, -0.25) is 4.79 Å². The normalized spacial score (nSPS) is 33.5. The number of nitrogens with one attached hydrogen (secondary N) is 1. The highest BCUT2D eigenvalue weighted by Crippen LogP contribution is 2.34. The molecular weight excluding hydrogens is 238 g/mol. The number of carbonyl (C=O) groups is 1. The van der Waals surface area contributed by atoms with E-state index >= 15 is 0 Å². The second-order valence-electron chi connectivity index (χ2n) is 6.59. The molecule has 2 unspecified atom stereocenters. The molecule has 0 aromatic heterocycles. The van der Waals surface area contributed by atoms with Crippen molar-refractivity contribution in [3.05, 3.63) is 0 Å². The summed E-state index contributed by atoms with van der Waals surface area (Å²) < 4.78 is 0. The maximum Gasteiger partial charge on any atom is 0.237 e. The number of nitrogens with zero attached hydrogens (tertiary/aromatic N) is 1. The number of primary amides is 1. The lowest BCUT2D eigenvalue weighted by atomic mass is 9.95. The summed E-state index contributed by atoms with van der Waals surface area (Å²) in [6, 6.07) is 0.840. The van der Waals surface area contributed by atoms with Gasteiger partial charge in [-0.05, 0) is 59.0 Å². The highest BCUT2D eigenvalue weighted by Gasteiger charge is 2.45. The van der Waals surface area contributed by atoms with E-state index in [0.717, 1.165) is 19.3 Å². The smallest absolute Gasteiger partial charge is 0.237 e. The maximum absolute atomic E-state index is 11.9. The van der Waals surface area contributed by atoms with Crippen molar-refractivity contribution in [1.29, 1.82) is 0 Å². The van der Waals surface area contributed by atoms with Crippen LogP contribution in [0.25, 0.3) is 0 Å². The molecule has 110 valence electrons. The van der Waals surface area contributed by atoms with Gasteiger partial charge in [-0.25, -0.2) is 0 Å². The minimum Gasteiger partial charge on any atom is -0.368 e. The number of carbonyl (C=O) groups excluding carboxylic acids is 1. The summed E-state index contributed by atoms with van der Waals surface area (Å²) in [7, 11) is 0. The van der Waals surface area contributed by atoms with E-state index in [1.807, 2.05) is 0 Å². The van der Waals surface area contributed by atoms with Crippen LogP contribution in [-0.4, -0.2) is 41.5 Å². The second kappa shape index (κ2) is 6.23. The molecular formula is C15H29N3O. The lowest BCUT2D eigenvalue weighted by molar-refractivity contribution is -0.124. The van der Waals surface area contributed by atoms with Crippen LogP contribution >= 0.6 is 0 Å². The third kappa shape index (κ3) is 3.48. The van der Waals surface area contributed by atoms with E-state index < -0.39 is 5.54 Å². The van der Waals surface area contributed by atoms with E-state index in [0.29, 0.717) is 12.1 Å². The predicted molar refractivity (Wildman–Crippen MR) is 77.9 cm³/mol. The fourth-order valence-corrected chi connectivity index (χ4v) is 3.77. The van der Waals surface area contributed by atoms with Crippen LogP contribution in [0.1, 0.15) is 58.8 Å². The first-order chi connectivity index (χ1) is 9.03. The molecule has 1 amide bonds. The van der Waals surface area contributed by atoms with E-state index in [1.165, 1.54) is 38.8 Å². The molecule has 0 spiro atoms. The Morgan fingerprint density at radius 1 is 1.26 bits per heavy atom. The molecule has 4 heteroatoms. The Labute approximate surface area is 117 Å². The number of nitrogens with two attached hydrogens (primary N) is 1. The summed E-state index contributed by atoms with van der Waals surface area (Å²) in [5.74, 6) is -0.168.